The molecule has 0 radical (unpaired) electrons. The maximum Gasteiger partial charge on any atom is 0.173 e. The Morgan fingerprint density at radius 3 is 2.59 bits per heavy atom. The molecule has 0 fully saturated rings. The van der Waals surface area contributed by atoms with E-state index in [1.807, 2.05) is 31.2 Å². The third-order valence-electron chi connectivity index (χ3n) is 4.57. The van der Waals surface area contributed by atoms with Gasteiger partial charge in [0.1, 0.15) is 0 Å². The number of nitrogens with zero attached hydrogens (tertiary/aromatic N) is 1. The summed E-state index contributed by atoms with van der Waals surface area (Å²) in [7, 11) is 0. The minimum absolute atomic E-state index is 0.267. The Morgan fingerprint density at radius 2 is 1.89 bits per heavy atom. The molecule has 0 saturated carbocycles. The van der Waals surface area contributed by atoms with Gasteiger partial charge >= 0.3 is 0 Å². The van der Waals surface area contributed by atoms with Gasteiger partial charge in [0, 0.05) is 34.6 Å². The second-order valence-electron chi connectivity index (χ2n) is 6.59. The fraction of sp³-hybridized carbons (Fsp3) is 0.227. The SMILES string of the molecule is Cc1c(Cl)cccc1NC(=S)N(Cc1ccccc1)[C@H](C)Cc1cccs1. The van der Waals surface area contributed by atoms with Gasteiger partial charge in [-0.3, -0.25) is 0 Å². The molecule has 2 aromatic carbocycles. The Morgan fingerprint density at radius 1 is 1.11 bits per heavy atom. The van der Waals surface area contributed by atoms with Gasteiger partial charge in [0.2, 0.25) is 0 Å². The van der Waals surface area contributed by atoms with E-state index in [1.54, 1.807) is 11.3 Å². The lowest BCUT2D eigenvalue weighted by Crippen LogP contribution is -2.41. The Hall–Kier alpha value is -1.88. The van der Waals surface area contributed by atoms with E-state index >= 15 is 0 Å². The van der Waals surface area contributed by atoms with Crippen LogP contribution in [0.4, 0.5) is 5.69 Å². The lowest BCUT2D eigenvalue weighted by Gasteiger charge is -2.32. The van der Waals surface area contributed by atoms with Gasteiger partial charge < -0.3 is 10.2 Å². The van der Waals surface area contributed by atoms with E-state index < -0.39 is 0 Å². The van der Waals surface area contributed by atoms with Crippen molar-refractivity contribution >= 4 is 46.0 Å². The van der Waals surface area contributed by atoms with Crippen LogP contribution < -0.4 is 5.32 Å². The molecule has 3 aromatic rings. The van der Waals surface area contributed by atoms with Crippen LogP contribution in [0.2, 0.25) is 5.02 Å². The number of hydrogen-bond acceptors (Lipinski definition) is 2. The van der Waals surface area contributed by atoms with Gasteiger partial charge in [0.25, 0.3) is 0 Å². The lowest BCUT2D eigenvalue weighted by molar-refractivity contribution is 0.326. The smallest absolute Gasteiger partial charge is 0.173 e. The molecule has 2 nitrogen and oxygen atoms in total. The van der Waals surface area contributed by atoms with Gasteiger partial charge in [-0.25, -0.2) is 0 Å². The highest BCUT2D eigenvalue weighted by atomic mass is 35.5. The van der Waals surface area contributed by atoms with Crippen molar-refractivity contribution in [1.82, 2.24) is 4.90 Å². The molecule has 0 unspecified atom stereocenters. The molecule has 0 aliphatic rings. The minimum Gasteiger partial charge on any atom is -0.342 e. The molecule has 0 spiro atoms. The number of benzene rings is 2. The Balaban J connectivity index is 1.81. The second-order valence-corrected chi connectivity index (χ2v) is 8.41. The topological polar surface area (TPSA) is 15.3 Å². The third kappa shape index (κ3) is 5.32. The van der Waals surface area contributed by atoms with Crippen molar-refractivity contribution in [2.75, 3.05) is 5.32 Å². The number of thiophene rings is 1. The number of thiocarbonyl (C=S) groups is 1. The van der Waals surface area contributed by atoms with Crippen LogP contribution in [0.25, 0.3) is 0 Å². The van der Waals surface area contributed by atoms with Crippen LogP contribution in [0.15, 0.2) is 66.0 Å². The normalized spacial score (nSPS) is 11.8. The zero-order valence-electron chi connectivity index (χ0n) is 15.5. The van der Waals surface area contributed by atoms with Crippen molar-refractivity contribution in [1.29, 1.82) is 0 Å². The Bertz CT molecular complexity index is 879. The first-order chi connectivity index (χ1) is 13.0. The third-order valence-corrected chi connectivity index (χ3v) is 6.22. The Kier molecular flexibility index (Phi) is 6.89. The molecule has 1 N–H and O–H groups in total. The highest BCUT2D eigenvalue weighted by molar-refractivity contribution is 7.80. The number of halogens is 1. The molecule has 0 bridgehead atoms. The molecule has 0 saturated heterocycles. The zero-order chi connectivity index (χ0) is 19.2. The monoisotopic (exact) mass is 414 g/mol. The minimum atomic E-state index is 0.267. The highest BCUT2D eigenvalue weighted by Crippen LogP contribution is 2.24. The maximum atomic E-state index is 6.27. The number of nitrogens with one attached hydrogen (secondary N) is 1. The van der Waals surface area contributed by atoms with Gasteiger partial charge in [0.15, 0.2) is 5.11 Å². The van der Waals surface area contributed by atoms with Crippen molar-refractivity contribution in [3.63, 3.8) is 0 Å². The van der Waals surface area contributed by atoms with Crippen molar-refractivity contribution in [3.8, 4) is 0 Å². The molecule has 1 atom stereocenters. The largest absolute Gasteiger partial charge is 0.342 e. The molecule has 5 heteroatoms. The summed E-state index contributed by atoms with van der Waals surface area (Å²) in [4.78, 5) is 3.62. The second kappa shape index (κ2) is 9.36. The van der Waals surface area contributed by atoms with Gasteiger partial charge in [0.05, 0.1) is 0 Å². The van der Waals surface area contributed by atoms with Crippen LogP contribution in [0.3, 0.4) is 0 Å². The first kappa shape index (κ1) is 19.9. The quantitative estimate of drug-likeness (QED) is 0.461. The average molecular weight is 415 g/mol. The molecule has 3 rings (SSSR count). The van der Waals surface area contributed by atoms with E-state index in [-0.39, 0.29) is 6.04 Å². The molecule has 27 heavy (non-hydrogen) atoms. The predicted octanol–water partition coefficient (Wildman–Crippen LogP) is 6.54. The highest BCUT2D eigenvalue weighted by Gasteiger charge is 2.19. The van der Waals surface area contributed by atoms with Crippen LogP contribution in [-0.2, 0) is 13.0 Å². The summed E-state index contributed by atoms with van der Waals surface area (Å²) in [6, 6.07) is 20.8. The molecule has 0 amide bonds. The summed E-state index contributed by atoms with van der Waals surface area (Å²) in [5.74, 6) is 0. The molecule has 1 aromatic heterocycles. The molecule has 0 aliphatic heterocycles. The average Bonchev–Trinajstić information content (AvgIpc) is 3.17. The predicted molar refractivity (Wildman–Crippen MR) is 122 cm³/mol. The molecule has 1 heterocycles. The fourth-order valence-electron chi connectivity index (χ4n) is 2.97. The summed E-state index contributed by atoms with van der Waals surface area (Å²) in [5.41, 5.74) is 3.20. The summed E-state index contributed by atoms with van der Waals surface area (Å²) < 4.78 is 0. The summed E-state index contributed by atoms with van der Waals surface area (Å²) >= 11 is 13.9. The number of hydrogen-bond donors (Lipinski definition) is 1. The van der Waals surface area contributed by atoms with Crippen LogP contribution in [0.1, 0.15) is 22.9 Å². The first-order valence-corrected chi connectivity index (χ1v) is 10.6. The van der Waals surface area contributed by atoms with Crippen molar-refractivity contribution in [2.24, 2.45) is 0 Å². The van der Waals surface area contributed by atoms with E-state index in [2.05, 4.69) is 58.9 Å². The van der Waals surface area contributed by atoms with Crippen LogP contribution >= 0.6 is 35.2 Å². The summed E-state index contributed by atoms with van der Waals surface area (Å²) in [5, 5.41) is 6.98. The first-order valence-electron chi connectivity index (χ1n) is 8.93. The maximum absolute atomic E-state index is 6.27. The van der Waals surface area contributed by atoms with Crippen molar-refractivity contribution < 1.29 is 0 Å². The van der Waals surface area contributed by atoms with Gasteiger partial charge in [-0.15, -0.1) is 11.3 Å². The zero-order valence-corrected chi connectivity index (χ0v) is 17.9. The number of rotatable bonds is 6. The van der Waals surface area contributed by atoms with E-state index in [1.165, 1.54) is 10.4 Å². The van der Waals surface area contributed by atoms with Crippen LogP contribution in [0.5, 0.6) is 0 Å². The molecule has 140 valence electrons. The van der Waals surface area contributed by atoms with E-state index in [4.69, 9.17) is 23.8 Å². The summed E-state index contributed by atoms with van der Waals surface area (Å²) in [6.07, 6.45) is 0.959. The molecular weight excluding hydrogens is 392 g/mol. The fourth-order valence-corrected chi connectivity index (χ4v) is 4.32. The molecule has 0 aliphatic carbocycles. The van der Waals surface area contributed by atoms with Crippen molar-refractivity contribution in [3.05, 3.63) is 87.1 Å². The van der Waals surface area contributed by atoms with E-state index in [0.717, 1.165) is 29.2 Å². The van der Waals surface area contributed by atoms with Crippen LogP contribution in [-0.4, -0.2) is 16.1 Å². The van der Waals surface area contributed by atoms with E-state index in [9.17, 15) is 0 Å². The van der Waals surface area contributed by atoms with Gasteiger partial charge in [-0.1, -0.05) is 54.1 Å². The standard InChI is InChI=1S/C22H23ClN2S2/c1-16(14-19-10-7-13-27-19)25(15-18-8-4-3-5-9-18)22(26)24-21-12-6-11-20(23)17(21)2/h3-13,16H,14-15H2,1-2H3,(H,24,26)/t16-/m1/s1. The van der Waals surface area contributed by atoms with E-state index in [0.29, 0.717) is 5.11 Å². The lowest BCUT2D eigenvalue weighted by atomic mass is 10.1. The molecular formula is C22H23ClN2S2. The van der Waals surface area contributed by atoms with Gasteiger partial charge in [-0.05, 0) is 60.8 Å². The van der Waals surface area contributed by atoms with Crippen LogP contribution in [0, 0.1) is 6.92 Å². The Labute approximate surface area is 175 Å². The number of anilines is 1. The van der Waals surface area contributed by atoms with Gasteiger partial charge in [-0.2, -0.15) is 0 Å². The summed E-state index contributed by atoms with van der Waals surface area (Å²) in [6.45, 7) is 4.99. The van der Waals surface area contributed by atoms with Crippen molar-refractivity contribution in [2.45, 2.75) is 32.9 Å².